The summed E-state index contributed by atoms with van der Waals surface area (Å²) in [6, 6.07) is 47.5. The van der Waals surface area contributed by atoms with Crippen molar-refractivity contribution in [1.29, 1.82) is 0 Å². The van der Waals surface area contributed by atoms with Gasteiger partial charge in [0.25, 0.3) is 6.71 Å². The van der Waals surface area contributed by atoms with Crippen LogP contribution in [-0.4, -0.2) is 11.3 Å². The van der Waals surface area contributed by atoms with E-state index in [0.717, 1.165) is 28.5 Å². The third kappa shape index (κ3) is 3.94. The quantitative estimate of drug-likeness (QED) is 0.157. The third-order valence-electron chi connectivity index (χ3n) is 13.6. The zero-order valence-corrected chi connectivity index (χ0v) is 33.0. The van der Waals surface area contributed by atoms with Crippen LogP contribution < -0.4 is 25.9 Å². The molecule has 0 bridgehead atoms. The second kappa shape index (κ2) is 10.4. The van der Waals surface area contributed by atoms with Crippen LogP contribution >= 0.6 is 0 Å². The topological polar surface area (TPSA) is 23.4 Å². The molecule has 0 N–H and O–H groups in total. The van der Waals surface area contributed by atoms with E-state index < -0.39 is 0 Å². The van der Waals surface area contributed by atoms with Crippen molar-refractivity contribution in [2.24, 2.45) is 0 Å². The molecule has 0 saturated heterocycles. The number of aromatic nitrogens is 1. The van der Waals surface area contributed by atoms with Gasteiger partial charge in [0.2, 0.25) is 0 Å². The highest BCUT2D eigenvalue weighted by molar-refractivity contribution is 6.98. The van der Waals surface area contributed by atoms with Gasteiger partial charge in [0.05, 0.1) is 16.7 Å². The minimum Gasteiger partial charge on any atom is -0.458 e. The second-order valence-electron chi connectivity index (χ2n) is 18.5. The zero-order chi connectivity index (χ0) is 38.0. The van der Waals surface area contributed by atoms with Crippen molar-refractivity contribution < 1.29 is 9.47 Å². The molecule has 0 radical (unpaired) electrons. The predicted molar refractivity (Wildman–Crippen MR) is 232 cm³/mol. The van der Waals surface area contributed by atoms with Crippen LogP contribution in [0.4, 0.5) is 0 Å². The number of para-hydroxylation sites is 1. The van der Waals surface area contributed by atoms with E-state index in [2.05, 4.69) is 180 Å². The SMILES string of the molecule is CC(C)(C)c1ccc2c(c1)B1c3cc(-n4c5ccccc5c5cc6c(cc54)-c4ccccc4C6(C)C)c4c(c3Oc3cccc(c31)O2)-c1ccccc1C4(C)C. The minimum absolute atomic E-state index is 0.0225. The third-order valence-corrected chi connectivity index (χ3v) is 13.6. The highest BCUT2D eigenvalue weighted by Gasteiger charge is 2.47. The van der Waals surface area contributed by atoms with Crippen molar-refractivity contribution in [2.75, 3.05) is 0 Å². The first-order valence-corrected chi connectivity index (χ1v) is 20.0. The van der Waals surface area contributed by atoms with E-state index in [-0.39, 0.29) is 23.0 Å². The van der Waals surface area contributed by atoms with Crippen LogP contribution in [-0.2, 0) is 16.2 Å². The van der Waals surface area contributed by atoms with E-state index in [9.17, 15) is 0 Å². The summed E-state index contributed by atoms with van der Waals surface area (Å²) in [7, 11) is 0. The summed E-state index contributed by atoms with van der Waals surface area (Å²) in [5.74, 6) is 3.61. The van der Waals surface area contributed by atoms with Gasteiger partial charge in [0, 0.05) is 32.6 Å². The lowest BCUT2D eigenvalue weighted by molar-refractivity contribution is 0.464. The molecule has 0 fully saturated rings. The van der Waals surface area contributed by atoms with Crippen LogP contribution in [0.3, 0.4) is 0 Å². The number of hydrogen-bond acceptors (Lipinski definition) is 2. The average molecular weight is 724 g/mol. The molecule has 2 aliphatic heterocycles. The summed E-state index contributed by atoms with van der Waals surface area (Å²) < 4.78 is 16.5. The molecule has 0 spiro atoms. The summed E-state index contributed by atoms with van der Waals surface area (Å²) in [4.78, 5) is 0. The Morgan fingerprint density at radius 3 is 2.02 bits per heavy atom. The standard InChI is InChI=1S/C52H42BNO2/c1-50(2,3)29-23-24-43-38(25-29)53-39-28-42(47-46(32-17-9-12-19-36(32)52(47,6)7)49(39)56-45-22-14-21-44(55-43)48(45)53)54-40-20-13-10-16-31(40)34-26-37-33(27-41(34)54)30-15-8-11-18-35(30)51(37,4)5/h8-28H,1-7H3. The van der Waals surface area contributed by atoms with Crippen LogP contribution in [0.1, 0.15) is 76.3 Å². The fourth-order valence-electron chi connectivity index (χ4n) is 10.9. The molecule has 1 aromatic heterocycles. The van der Waals surface area contributed by atoms with Gasteiger partial charge in [-0.25, -0.2) is 0 Å². The number of rotatable bonds is 1. The fraction of sp³-hybridized carbons (Fsp3) is 0.192. The van der Waals surface area contributed by atoms with Crippen molar-refractivity contribution in [3.63, 3.8) is 0 Å². The molecule has 7 aromatic carbocycles. The van der Waals surface area contributed by atoms with Gasteiger partial charge in [-0.1, -0.05) is 133 Å². The van der Waals surface area contributed by atoms with Crippen molar-refractivity contribution in [3.05, 3.63) is 155 Å². The Kier molecular flexibility index (Phi) is 6.02. The van der Waals surface area contributed by atoms with E-state index in [4.69, 9.17) is 9.47 Å². The van der Waals surface area contributed by atoms with E-state index in [1.807, 2.05) is 0 Å². The Morgan fingerprint density at radius 1 is 0.536 bits per heavy atom. The fourth-order valence-corrected chi connectivity index (χ4v) is 10.9. The predicted octanol–water partition coefficient (Wildman–Crippen LogP) is 11.4. The second-order valence-corrected chi connectivity index (χ2v) is 18.5. The monoisotopic (exact) mass is 723 g/mol. The van der Waals surface area contributed by atoms with Crippen molar-refractivity contribution in [3.8, 4) is 50.9 Å². The first-order valence-electron chi connectivity index (χ1n) is 20.0. The van der Waals surface area contributed by atoms with E-state index in [1.54, 1.807) is 0 Å². The van der Waals surface area contributed by atoms with Gasteiger partial charge in [-0.3, -0.25) is 0 Å². The van der Waals surface area contributed by atoms with Crippen molar-refractivity contribution in [1.82, 2.24) is 4.57 Å². The van der Waals surface area contributed by atoms with Gasteiger partial charge in [0.15, 0.2) is 0 Å². The van der Waals surface area contributed by atoms with Gasteiger partial charge < -0.3 is 14.0 Å². The molecule has 3 heterocycles. The van der Waals surface area contributed by atoms with E-state index in [1.165, 1.54) is 88.5 Å². The highest BCUT2D eigenvalue weighted by atomic mass is 16.5. The summed E-state index contributed by atoms with van der Waals surface area (Å²) in [5, 5.41) is 2.56. The number of hydrogen-bond donors (Lipinski definition) is 0. The molecule has 4 aliphatic rings. The van der Waals surface area contributed by atoms with Crippen LogP contribution in [0.5, 0.6) is 23.0 Å². The number of ether oxygens (including phenoxy) is 2. The van der Waals surface area contributed by atoms with Crippen molar-refractivity contribution in [2.45, 2.75) is 64.7 Å². The minimum atomic E-state index is -0.294. The van der Waals surface area contributed by atoms with Crippen LogP contribution in [0.25, 0.3) is 49.7 Å². The summed E-state index contributed by atoms with van der Waals surface area (Å²) in [6.45, 7) is 16.3. The van der Waals surface area contributed by atoms with Gasteiger partial charge in [-0.05, 0) is 103 Å². The van der Waals surface area contributed by atoms with Gasteiger partial charge in [-0.2, -0.15) is 0 Å². The van der Waals surface area contributed by atoms with Crippen LogP contribution in [0, 0.1) is 0 Å². The lowest BCUT2D eigenvalue weighted by atomic mass is 9.34. The summed E-state index contributed by atoms with van der Waals surface area (Å²) in [6.07, 6.45) is 0. The highest BCUT2D eigenvalue weighted by Crippen LogP contribution is 2.57. The molecule has 0 amide bonds. The lowest BCUT2D eigenvalue weighted by Gasteiger charge is -2.36. The Bertz CT molecular complexity index is 3080. The molecule has 4 heteroatoms. The number of fused-ring (bicyclic) bond motifs is 14. The molecular weight excluding hydrogens is 681 g/mol. The van der Waals surface area contributed by atoms with Crippen LogP contribution in [0.15, 0.2) is 127 Å². The molecule has 56 heavy (non-hydrogen) atoms. The lowest BCUT2D eigenvalue weighted by Crippen LogP contribution is -2.58. The molecule has 0 saturated carbocycles. The van der Waals surface area contributed by atoms with E-state index in [0.29, 0.717) is 0 Å². The molecule has 270 valence electrons. The number of nitrogens with zero attached hydrogens (tertiary/aromatic N) is 1. The normalized spacial score (nSPS) is 15.9. The Hall–Kier alpha value is -6.00. The Morgan fingerprint density at radius 2 is 1.23 bits per heavy atom. The average Bonchev–Trinajstić information content (AvgIpc) is 3.73. The van der Waals surface area contributed by atoms with Crippen molar-refractivity contribution >= 4 is 44.9 Å². The van der Waals surface area contributed by atoms with E-state index >= 15 is 0 Å². The molecular formula is C52H42BNO2. The largest absolute Gasteiger partial charge is 0.458 e. The van der Waals surface area contributed by atoms with Gasteiger partial charge in [-0.15, -0.1) is 0 Å². The van der Waals surface area contributed by atoms with Gasteiger partial charge in [0.1, 0.15) is 23.0 Å². The number of benzene rings is 7. The maximum Gasteiger partial charge on any atom is 0.260 e. The van der Waals surface area contributed by atoms with Gasteiger partial charge >= 0.3 is 0 Å². The summed E-state index contributed by atoms with van der Waals surface area (Å²) in [5.41, 5.74) is 18.5. The molecule has 0 atom stereocenters. The molecule has 12 rings (SSSR count). The maximum absolute atomic E-state index is 7.21. The zero-order valence-electron chi connectivity index (χ0n) is 33.0. The Labute approximate surface area is 328 Å². The smallest absolute Gasteiger partial charge is 0.260 e. The first-order chi connectivity index (χ1) is 26.9. The van der Waals surface area contributed by atoms with Crippen LogP contribution in [0.2, 0.25) is 0 Å². The maximum atomic E-state index is 7.21. The molecule has 3 nitrogen and oxygen atoms in total. The molecule has 0 unspecified atom stereocenters. The molecule has 8 aromatic rings. The Balaban J connectivity index is 1.24. The summed E-state index contributed by atoms with van der Waals surface area (Å²) >= 11 is 0. The molecule has 2 aliphatic carbocycles. The first kappa shape index (κ1) is 32.3.